The van der Waals surface area contributed by atoms with E-state index in [4.69, 9.17) is 9.84 Å². The van der Waals surface area contributed by atoms with E-state index in [1.807, 2.05) is 0 Å². The summed E-state index contributed by atoms with van der Waals surface area (Å²) in [4.78, 5) is 24.0. The van der Waals surface area contributed by atoms with Gasteiger partial charge in [0.25, 0.3) is 0 Å². The number of rotatable bonds is 5. The lowest BCUT2D eigenvalue weighted by Crippen LogP contribution is -2.48. The van der Waals surface area contributed by atoms with Gasteiger partial charge in [-0.2, -0.15) is 0 Å². The summed E-state index contributed by atoms with van der Waals surface area (Å²) in [7, 11) is 0. The molecule has 5 nitrogen and oxygen atoms in total. The minimum Gasteiger partial charge on any atom is -0.479 e. The van der Waals surface area contributed by atoms with Gasteiger partial charge < -0.3 is 14.7 Å². The molecule has 1 aliphatic rings. The van der Waals surface area contributed by atoms with E-state index >= 15 is 0 Å². The minimum absolute atomic E-state index is 0.0444. The van der Waals surface area contributed by atoms with Gasteiger partial charge in [-0.3, -0.25) is 4.79 Å². The van der Waals surface area contributed by atoms with Crippen molar-refractivity contribution in [3.63, 3.8) is 0 Å². The Hall–Kier alpha value is -1.10. The number of ether oxygens (including phenoxy) is 1. The minimum atomic E-state index is -0.994. The van der Waals surface area contributed by atoms with Gasteiger partial charge in [-0.1, -0.05) is 19.8 Å². The molecule has 1 aliphatic heterocycles. The van der Waals surface area contributed by atoms with Crippen LogP contribution in [0.5, 0.6) is 0 Å². The van der Waals surface area contributed by atoms with Crippen molar-refractivity contribution < 1.29 is 19.4 Å². The smallest absolute Gasteiger partial charge is 0.334 e. The van der Waals surface area contributed by atoms with Gasteiger partial charge in [-0.25, -0.2) is 4.79 Å². The molecule has 1 rings (SSSR count). The lowest BCUT2D eigenvalue weighted by molar-refractivity contribution is -0.159. The topological polar surface area (TPSA) is 66.8 Å². The third kappa shape index (κ3) is 3.81. The first kappa shape index (κ1) is 13.0. The molecule has 0 radical (unpaired) electrons. The Labute approximate surface area is 95.4 Å². The Morgan fingerprint density at radius 1 is 1.44 bits per heavy atom. The normalized spacial score (nSPS) is 20.8. The highest BCUT2D eigenvalue weighted by molar-refractivity contribution is 5.78. The number of hydrogen-bond donors (Lipinski definition) is 1. The van der Waals surface area contributed by atoms with Crippen molar-refractivity contribution in [2.75, 3.05) is 19.7 Å². The van der Waals surface area contributed by atoms with Gasteiger partial charge in [-0.15, -0.1) is 0 Å². The second kappa shape index (κ2) is 6.48. The molecule has 1 N–H and O–H groups in total. The first-order valence-electron chi connectivity index (χ1n) is 5.77. The molecule has 0 saturated carbocycles. The molecule has 0 spiro atoms. The van der Waals surface area contributed by atoms with Crippen LogP contribution in [0, 0.1) is 0 Å². The third-order valence-corrected chi connectivity index (χ3v) is 2.69. The second-order valence-corrected chi connectivity index (χ2v) is 3.99. The maximum Gasteiger partial charge on any atom is 0.334 e. The van der Waals surface area contributed by atoms with Crippen LogP contribution in [0.15, 0.2) is 0 Å². The average molecular weight is 229 g/mol. The first-order chi connectivity index (χ1) is 7.65. The van der Waals surface area contributed by atoms with Crippen LogP contribution in [0.25, 0.3) is 0 Å². The van der Waals surface area contributed by atoms with E-state index in [0.29, 0.717) is 19.6 Å². The monoisotopic (exact) mass is 229 g/mol. The summed E-state index contributed by atoms with van der Waals surface area (Å²) in [5.74, 6) is -0.950. The summed E-state index contributed by atoms with van der Waals surface area (Å²) < 4.78 is 5.05. The van der Waals surface area contributed by atoms with Gasteiger partial charge >= 0.3 is 5.97 Å². The quantitative estimate of drug-likeness (QED) is 0.711. The molecule has 92 valence electrons. The predicted octanol–water partition coefficient (Wildman–Crippen LogP) is 0.879. The van der Waals surface area contributed by atoms with E-state index < -0.39 is 12.1 Å². The first-order valence-corrected chi connectivity index (χ1v) is 5.77. The zero-order chi connectivity index (χ0) is 12.0. The summed E-state index contributed by atoms with van der Waals surface area (Å²) in [6, 6.07) is 0. The van der Waals surface area contributed by atoms with E-state index in [2.05, 4.69) is 6.92 Å². The Morgan fingerprint density at radius 2 is 2.19 bits per heavy atom. The van der Waals surface area contributed by atoms with Gasteiger partial charge in [0.1, 0.15) is 0 Å². The van der Waals surface area contributed by atoms with Crippen molar-refractivity contribution in [3.8, 4) is 0 Å². The number of unbranched alkanes of at least 4 members (excludes halogenated alkanes) is 2. The standard InChI is InChI=1S/C11H19NO4/c1-2-3-4-5-10(13)12-6-7-16-9(8-12)11(14)15/h9H,2-8H2,1H3,(H,14,15). The number of amides is 1. The van der Waals surface area contributed by atoms with Crippen LogP contribution in [0.1, 0.15) is 32.6 Å². The molecule has 0 bridgehead atoms. The molecule has 5 heteroatoms. The molecule has 1 unspecified atom stereocenters. The van der Waals surface area contributed by atoms with Crippen molar-refractivity contribution >= 4 is 11.9 Å². The zero-order valence-electron chi connectivity index (χ0n) is 9.65. The van der Waals surface area contributed by atoms with E-state index in [9.17, 15) is 9.59 Å². The zero-order valence-corrected chi connectivity index (χ0v) is 9.65. The molecule has 1 atom stereocenters. The fraction of sp³-hybridized carbons (Fsp3) is 0.818. The largest absolute Gasteiger partial charge is 0.479 e. The van der Waals surface area contributed by atoms with Gasteiger partial charge in [0.05, 0.1) is 13.2 Å². The molecule has 1 fully saturated rings. The number of carbonyl (C=O) groups is 2. The van der Waals surface area contributed by atoms with E-state index in [0.717, 1.165) is 19.3 Å². The van der Waals surface area contributed by atoms with E-state index in [1.54, 1.807) is 4.90 Å². The Morgan fingerprint density at radius 3 is 2.81 bits per heavy atom. The summed E-state index contributed by atoms with van der Waals surface area (Å²) in [5.41, 5.74) is 0. The average Bonchev–Trinajstić information content (AvgIpc) is 2.29. The van der Waals surface area contributed by atoms with E-state index in [-0.39, 0.29) is 12.5 Å². The maximum atomic E-state index is 11.7. The van der Waals surface area contributed by atoms with Crippen molar-refractivity contribution in [1.29, 1.82) is 0 Å². The Balaban J connectivity index is 2.35. The van der Waals surface area contributed by atoms with E-state index in [1.165, 1.54) is 0 Å². The summed E-state index contributed by atoms with van der Waals surface area (Å²) in [6.45, 7) is 3.09. The number of carboxylic acids is 1. The highest BCUT2D eigenvalue weighted by atomic mass is 16.5. The van der Waals surface area contributed by atoms with Crippen LogP contribution in [0.4, 0.5) is 0 Å². The number of hydrogen-bond acceptors (Lipinski definition) is 3. The molecule has 0 aromatic carbocycles. The SMILES string of the molecule is CCCCCC(=O)N1CCOC(C(=O)O)C1. The summed E-state index contributed by atoms with van der Waals surface area (Å²) >= 11 is 0. The van der Waals surface area contributed by atoms with Gasteiger partial charge in [0, 0.05) is 13.0 Å². The maximum absolute atomic E-state index is 11.7. The fourth-order valence-electron chi connectivity index (χ4n) is 1.71. The molecule has 1 heterocycles. The highest BCUT2D eigenvalue weighted by Crippen LogP contribution is 2.09. The lowest BCUT2D eigenvalue weighted by Gasteiger charge is -2.30. The van der Waals surface area contributed by atoms with Crippen LogP contribution in [0.3, 0.4) is 0 Å². The number of aliphatic carboxylic acids is 1. The van der Waals surface area contributed by atoms with Crippen LogP contribution in [-0.4, -0.2) is 47.7 Å². The van der Waals surface area contributed by atoms with Crippen LogP contribution in [0.2, 0.25) is 0 Å². The third-order valence-electron chi connectivity index (χ3n) is 2.69. The van der Waals surface area contributed by atoms with Gasteiger partial charge in [0.15, 0.2) is 6.10 Å². The molecule has 0 aromatic rings. The molecule has 1 saturated heterocycles. The van der Waals surface area contributed by atoms with Crippen molar-refractivity contribution in [2.45, 2.75) is 38.7 Å². The summed E-state index contributed by atoms with van der Waals surface area (Å²) in [6.07, 6.45) is 2.65. The van der Waals surface area contributed by atoms with Crippen molar-refractivity contribution in [3.05, 3.63) is 0 Å². The van der Waals surface area contributed by atoms with Crippen LogP contribution < -0.4 is 0 Å². The van der Waals surface area contributed by atoms with Crippen molar-refractivity contribution in [2.24, 2.45) is 0 Å². The molecule has 0 aliphatic carbocycles. The highest BCUT2D eigenvalue weighted by Gasteiger charge is 2.28. The Kier molecular flexibility index (Phi) is 5.25. The predicted molar refractivity (Wildman–Crippen MR) is 58.1 cm³/mol. The summed E-state index contributed by atoms with van der Waals surface area (Å²) in [5, 5.41) is 8.79. The van der Waals surface area contributed by atoms with Crippen molar-refractivity contribution in [1.82, 2.24) is 4.90 Å². The van der Waals surface area contributed by atoms with Crippen LogP contribution >= 0.6 is 0 Å². The molecule has 16 heavy (non-hydrogen) atoms. The number of carboxylic acid groups (broad SMARTS) is 1. The van der Waals surface area contributed by atoms with Gasteiger partial charge in [0.2, 0.25) is 5.91 Å². The number of nitrogens with zero attached hydrogens (tertiary/aromatic N) is 1. The number of carbonyl (C=O) groups excluding carboxylic acids is 1. The fourth-order valence-corrected chi connectivity index (χ4v) is 1.71. The molecule has 1 amide bonds. The Bertz CT molecular complexity index is 254. The van der Waals surface area contributed by atoms with Crippen LogP contribution in [-0.2, 0) is 14.3 Å². The molecular formula is C11H19NO4. The molecule has 0 aromatic heterocycles. The number of morpholine rings is 1. The lowest BCUT2D eigenvalue weighted by atomic mass is 10.1. The second-order valence-electron chi connectivity index (χ2n) is 3.99. The van der Waals surface area contributed by atoms with Gasteiger partial charge in [-0.05, 0) is 6.42 Å². The molecular weight excluding hydrogens is 210 g/mol.